The molecule has 24 heavy (non-hydrogen) atoms. The smallest absolute Gasteiger partial charge is 0.253 e. The van der Waals surface area contributed by atoms with E-state index in [4.69, 9.17) is 4.74 Å². The van der Waals surface area contributed by atoms with Gasteiger partial charge in [0, 0.05) is 31.7 Å². The van der Waals surface area contributed by atoms with Crippen LogP contribution in [0.3, 0.4) is 0 Å². The van der Waals surface area contributed by atoms with Crippen molar-refractivity contribution in [1.29, 1.82) is 0 Å². The molecular formula is C17H23N3O3S. The number of amides is 2. The zero-order valence-corrected chi connectivity index (χ0v) is 15.5. The van der Waals surface area contributed by atoms with Gasteiger partial charge in [0.1, 0.15) is 0 Å². The van der Waals surface area contributed by atoms with Crippen LogP contribution in [-0.4, -0.2) is 30.1 Å². The minimum absolute atomic E-state index is 0.119. The molecule has 0 aliphatic rings. The molecule has 0 radical (unpaired) electrons. The van der Waals surface area contributed by atoms with Crippen molar-refractivity contribution in [2.45, 2.75) is 34.2 Å². The molecule has 1 heterocycles. The van der Waals surface area contributed by atoms with Gasteiger partial charge in [0.05, 0.1) is 16.8 Å². The largest absolute Gasteiger partial charge is 0.383 e. The molecule has 130 valence electrons. The number of carbonyl (C=O) groups is 2. The van der Waals surface area contributed by atoms with Gasteiger partial charge in [-0.15, -0.1) is 0 Å². The molecule has 0 aliphatic heterocycles. The summed E-state index contributed by atoms with van der Waals surface area (Å²) >= 11 is 1.43. The van der Waals surface area contributed by atoms with Gasteiger partial charge in [-0.1, -0.05) is 32.1 Å². The van der Waals surface area contributed by atoms with E-state index in [0.717, 1.165) is 15.9 Å². The first-order valence-corrected chi connectivity index (χ1v) is 8.53. The van der Waals surface area contributed by atoms with Gasteiger partial charge in [-0.3, -0.25) is 9.59 Å². The van der Waals surface area contributed by atoms with Crippen LogP contribution >= 0.6 is 11.3 Å². The number of fused-ring (bicyclic) bond motifs is 1. The number of hydrogen-bond donors (Lipinski definition) is 1. The topological polar surface area (TPSA) is 72.7 Å². The zero-order valence-electron chi connectivity index (χ0n) is 14.7. The molecule has 0 aliphatic carbocycles. The molecule has 1 aromatic heterocycles. The van der Waals surface area contributed by atoms with E-state index in [9.17, 15) is 9.59 Å². The number of thiazole rings is 1. The normalized spacial score (nSPS) is 12.6. The second kappa shape index (κ2) is 7.27. The molecule has 1 N–H and O–H groups in total. The van der Waals surface area contributed by atoms with Crippen LogP contribution in [-0.2, 0) is 20.9 Å². The quantitative estimate of drug-likeness (QED) is 0.922. The van der Waals surface area contributed by atoms with Crippen LogP contribution in [0.1, 0.15) is 27.7 Å². The number of hydrogen-bond acceptors (Lipinski definition) is 4. The van der Waals surface area contributed by atoms with E-state index >= 15 is 0 Å². The van der Waals surface area contributed by atoms with Crippen molar-refractivity contribution in [3.63, 3.8) is 0 Å². The Bertz CT molecular complexity index is 828. The Balaban J connectivity index is 2.57. The lowest BCUT2D eigenvalue weighted by Gasteiger charge is -2.12. The number of rotatable bonds is 4. The van der Waals surface area contributed by atoms with Crippen molar-refractivity contribution in [1.82, 2.24) is 4.57 Å². The third-order valence-corrected chi connectivity index (χ3v) is 4.40. The fraction of sp³-hybridized carbons (Fsp3) is 0.471. The lowest BCUT2D eigenvalue weighted by atomic mass is 9.96. The second-order valence-corrected chi connectivity index (χ2v) is 7.57. The average molecular weight is 349 g/mol. The maximum atomic E-state index is 12.3. The summed E-state index contributed by atoms with van der Waals surface area (Å²) in [5.41, 5.74) is 1.16. The molecule has 0 unspecified atom stereocenters. The summed E-state index contributed by atoms with van der Waals surface area (Å²) in [4.78, 5) is 28.5. The SMILES string of the molecule is COCCn1c(=NC(=O)C(C)(C)C)sc2cc(NC(C)=O)ccc21. The molecule has 1 aromatic carbocycles. The van der Waals surface area contributed by atoms with Crippen LogP contribution in [0.5, 0.6) is 0 Å². The van der Waals surface area contributed by atoms with Crippen molar-refractivity contribution >= 4 is 39.1 Å². The fourth-order valence-corrected chi connectivity index (χ4v) is 3.19. The van der Waals surface area contributed by atoms with Crippen LogP contribution in [0.25, 0.3) is 10.2 Å². The maximum absolute atomic E-state index is 12.3. The number of ether oxygens (including phenoxy) is 1. The summed E-state index contributed by atoms with van der Waals surface area (Å²) < 4.78 is 8.10. The molecule has 0 saturated carbocycles. The van der Waals surface area contributed by atoms with Gasteiger partial charge in [-0.05, 0) is 18.2 Å². The van der Waals surface area contributed by atoms with E-state index in [-0.39, 0.29) is 11.8 Å². The third kappa shape index (κ3) is 4.30. The lowest BCUT2D eigenvalue weighted by molar-refractivity contribution is -0.125. The van der Waals surface area contributed by atoms with Gasteiger partial charge in [0.25, 0.3) is 5.91 Å². The molecule has 2 rings (SSSR count). The first-order valence-electron chi connectivity index (χ1n) is 7.71. The minimum atomic E-state index is -0.531. The van der Waals surface area contributed by atoms with E-state index < -0.39 is 5.41 Å². The van der Waals surface area contributed by atoms with Crippen molar-refractivity contribution in [2.75, 3.05) is 19.0 Å². The Morgan fingerprint density at radius 1 is 1.33 bits per heavy atom. The average Bonchev–Trinajstić information content (AvgIpc) is 2.80. The number of carbonyl (C=O) groups excluding carboxylic acids is 2. The van der Waals surface area contributed by atoms with E-state index in [1.54, 1.807) is 7.11 Å². The first kappa shape index (κ1) is 18.4. The third-order valence-electron chi connectivity index (χ3n) is 3.36. The van der Waals surface area contributed by atoms with Crippen LogP contribution < -0.4 is 10.1 Å². The highest BCUT2D eigenvalue weighted by Gasteiger charge is 2.21. The molecule has 0 bridgehead atoms. The second-order valence-electron chi connectivity index (χ2n) is 6.56. The molecule has 2 amide bonds. The summed E-state index contributed by atoms with van der Waals surface area (Å²) in [6.45, 7) is 8.14. The summed E-state index contributed by atoms with van der Waals surface area (Å²) in [7, 11) is 1.64. The number of anilines is 1. The number of benzene rings is 1. The van der Waals surface area contributed by atoms with Gasteiger partial charge in [0.15, 0.2) is 4.80 Å². The number of aromatic nitrogens is 1. The Labute approximate surface area is 145 Å². The number of nitrogens with zero attached hydrogens (tertiary/aromatic N) is 2. The summed E-state index contributed by atoms with van der Waals surface area (Å²) in [6, 6.07) is 5.66. The van der Waals surface area contributed by atoms with Crippen molar-refractivity contribution in [3.05, 3.63) is 23.0 Å². The highest BCUT2D eigenvalue weighted by atomic mass is 32.1. The Kier molecular flexibility index (Phi) is 5.56. The molecule has 0 saturated heterocycles. The summed E-state index contributed by atoms with van der Waals surface area (Å²) in [6.07, 6.45) is 0. The van der Waals surface area contributed by atoms with E-state index in [1.165, 1.54) is 18.3 Å². The minimum Gasteiger partial charge on any atom is -0.383 e. The van der Waals surface area contributed by atoms with E-state index in [0.29, 0.717) is 18.0 Å². The van der Waals surface area contributed by atoms with E-state index in [2.05, 4.69) is 10.3 Å². The number of nitrogens with one attached hydrogen (secondary N) is 1. The van der Waals surface area contributed by atoms with Crippen molar-refractivity contribution in [3.8, 4) is 0 Å². The molecule has 7 heteroatoms. The molecule has 0 atom stereocenters. The maximum Gasteiger partial charge on any atom is 0.253 e. The Morgan fingerprint density at radius 3 is 2.62 bits per heavy atom. The van der Waals surface area contributed by atoms with Crippen molar-refractivity contribution in [2.24, 2.45) is 10.4 Å². The Morgan fingerprint density at radius 2 is 2.04 bits per heavy atom. The van der Waals surface area contributed by atoms with Crippen LogP contribution in [0.15, 0.2) is 23.2 Å². The van der Waals surface area contributed by atoms with Crippen LogP contribution in [0.4, 0.5) is 5.69 Å². The predicted octanol–water partition coefficient (Wildman–Crippen LogP) is 2.78. The molecule has 0 fully saturated rings. The number of methoxy groups -OCH3 is 1. The molecule has 0 spiro atoms. The van der Waals surface area contributed by atoms with E-state index in [1.807, 2.05) is 43.5 Å². The highest BCUT2D eigenvalue weighted by molar-refractivity contribution is 7.16. The predicted molar refractivity (Wildman–Crippen MR) is 96.0 cm³/mol. The van der Waals surface area contributed by atoms with Gasteiger partial charge < -0.3 is 14.6 Å². The summed E-state index contributed by atoms with van der Waals surface area (Å²) in [5, 5.41) is 2.77. The van der Waals surface area contributed by atoms with Crippen LogP contribution in [0, 0.1) is 5.41 Å². The van der Waals surface area contributed by atoms with Crippen LogP contribution in [0.2, 0.25) is 0 Å². The molecule has 2 aromatic rings. The van der Waals surface area contributed by atoms with Gasteiger partial charge in [0.2, 0.25) is 5.91 Å². The molecular weight excluding hydrogens is 326 g/mol. The summed E-state index contributed by atoms with van der Waals surface area (Å²) in [5.74, 6) is -0.284. The first-order chi connectivity index (χ1) is 11.2. The lowest BCUT2D eigenvalue weighted by Crippen LogP contribution is -2.24. The fourth-order valence-electron chi connectivity index (χ4n) is 2.09. The van der Waals surface area contributed by atoms with Gasteiger partial charge in [-0.2, -0.15) is 4.99 Å². The molecule has 6 nitrogen and oxygen atoms in total. The monoisotopic (exact) mass is 349 g/mol. The van der Waals surface area contributed by atoms with Gasteiger partial charge in [-0.25, -0.2) is 0 Å². The Hall–Kier alpha value is -1.99. The zero-order chi connectivity index (χ0) is 17.9. The highest BCUT2D eigenvalue weighted by Crippen LogP contribution is 2.22. The van der Waals surface area contributed by atoms with Gasteiger partial charge >= 0.3 is 0 Å². The standard InChI is InChI=1S/C17H23N3O3S/c1-11(21)18-12-6-7-13-14(10-12)24-16(20(13)8-9-23-5)19-15(22)17(2,3)4/h6-7,10H,8-9H2,1-5H3,(H,18,21). The van der Waals surface area contributed by atoms with Crippen molar-refractivity contribution < 1.29 is 14.3 Å².